The zero-order valence-corrected chi connectivity index (χ0v) is 16.7. The zero-order chi connectivity index (χ0) is 19.8. The van der Waals surface area contributed by atoms with Gasteiger partial charge in [0.2, 0.25) is 0 Å². The molecular formula is C19H18N8OS. The Morgan fingerprint density at radius 2 is 2.00 bits per heavy atom. The van der Waals surface area contributed by atoms with Crippen molar-refractivity contribution in [3.8, 4) is 0 Å². The summed E-state index contributed by atoms with van der Waals surface area (Å²) in [7, 11) is 3.52. The minimum atomic E-state index is 0.397. The van der Waals surface area contributed by atoms with Gasteiger partial charge in [-0.15, -0.1) is 0 Å². The van der Waals surface area contributed by atoms with E-state index in [1.165, 1.54) is 6.33 Å². The van der Waals surface area contributed by atoms with E-state index in [0.29, 0.717) is 18.9 Å². The molecule has 0 atom stereocenters. The Bertz CT molecular complexity index is 1190. The van der Waals surface area contributed by atoms with Gasteiger partial charge in [0.15, 0.2) is 17.3 Å². The van der Waals surface area contributed by atoms with Crippen LogP contribution in [0.2, 0.25) is 0 Å². The molecule has 10 heteroatoms. The van der Waals surface area contributed by atoms with Crippen LogP contribution in [0.4, 0.5) is 17.3 Å². The summed E-state index contributed by atoms with van der Waals surface area (Å²) in [5.41, 5.74) is 3.73. The molecule has 9 nitrogen and oxygen atoms in total. The molecule has 5 rings (SSSR count). The molecule has 0 fully saturated rings. The molecule has 146 valence electrons. The molecular weight excluding hydrogens is 388 g/mol. The first kappa shape index (κ1) is 17.8. The Balaban J connectivity index is 1.54. The predicted octanol–water partition coefficient (Wildman–Crippen LogP) is 2.91. The number of hydrogen-bond donors (Lipinski definition) is 1. The minimum Gasteiger partial charge on any atom is -0.371 e. The van der Waals surface area contributed by atoms with Gasteiger partial charge in [-0.3, -0.25) is 4.90 Å². The first-order valence-electron chi connectivity index (χ1n) is 9.00. The summed E-state index contributed by atoms with van der Waals surface area (Å²) in [6.45, 7) is 1.04. The summed E-state index contributed by atoms with van der Waals surface area (Å²) in [4.78, 5) is 25.1. The fourth-order valence-corrected chi connectivity index (χ4v) is 4.41. The molecule has 4 heterocycles. The normalized spacial score (nSPS) is 12.7. The largest absolute Gasteiger partial charge is 0.371 e. The van der Waals surface area contributed by atoms with E-state index in [2.05, 4.69) is 48.4 Å². The first-order chi connectivity index (χ1) is 14.3. The molecule has 0 spiro atoms. The molecule has 0 bridgehead atoms. The molecule has 0 saturated heterocycles. The number of rotatable bonds is 5. The second kappa shape index (κ2) is 7.30. The molecule has 1 N–H and O–H groups in total. The van der Waals surface area contributed by atoms with E-state index in [1.54, 1.807) is 37.6 Å². The van der Waals surface area contributed by atoms with Gasteiger partial charge in [0.05, 0.1) is 12.0 Å². The highest BCUT2D eigenvalue weighted by Gasteiger charge is 2.26. The van der Waals surface area contributed by atoms with Crippen molar-refractivity contribution in [1.82, 2.24) is 29.5 Å². The lowest BCUT2D eigenvalue weighted by atomic mass is 10.1. The number of ether oxygens (including phenoxy) is 1. The van der Waals surface area contributed by atoms with E-state index in [-0.39, 0.29) is 0 Å². The van der Waals surface area contributed by atoms with Crippen molar-refractivity contribution in [2.45, 2.75) is 16.5 Å². The van der Waals surface area contributed by atoms with E-state index >= 15 is 0 Å². The lowest BCUT2D eigenvalue weighted by Crippen LogP contribution is -2.24. The van der Waals surface area contributed by atoms with Crippen molar-refractivity contribution in [3.05, 3.63) is 48.8 Å². The number of fused-ring (bicyclic) bond motifs is 3. The highest BCUT2D eigenvalue weighted by atomic mass is 32.2. The Morgan fingerprint density at radius 3 is 2.86 bits per heavy atom. The molecule has 0 saturated carbocycles. The van der Waals surface area contributed by atoms with Crippen molar-refractivity contribution in [3.63, 3.8) is 0 Å². The van der Waals surface area contributed by atoms with E-state index < -0.39 is 0 Å². The zero-order valence-electron chi connectivity index (χ0n) is 15.9. The van der Waals surface area contributed by atoms with Crippen LogP contribution >= 0.6 is 11.8 Å². The molecule has 1 aromatic carbocycles. The molecule has 0 unspecified atom stereocenters. The summed E-state index contributed by atoms with van der Waals surface area (Å²) in [5.74, 6) is 1.56. The quantitative estimate of drug-likeness (QED) is 0.537. The summed E-state index contributed by atoms with van der Waals surface area (Å²) < 4.78 is 7.49. The predicted molar refractivity (Wildman–Crippen MR) is 111 cm³/mol. The van der Waals surface area contributed by atoms with Crippen molar-refractivity contribution in [2.75, 3.05) is 31.1 Å². The number of aromatic nitrogens is 6. The third-order valence-electron chi connectivity index (χ3n) is 4.68. The van der Waals surface area contributed by atoms with Gasteiger partial charge in [-0.25, -0.2) is 24.9 Å². The Hall–Kier alpha value is -3.24. The van der Waals surface area contributed by atoms with Gasteiger partial charge in [-0.2, -0.15) is 0 Å². The molecule has 0 aliphatic carbocycles. The van der Waals surface area contributed by atoms with Crippen molar-refractivity contribution in [2.24, 2.45) is 0 Å². The molecule has 4 aromatic rings. The number of methoxy groups -OCH3 is 1. The molecule has 1 aliphatic rings. The third kappa shape index (κ3) is 3.06. The van der Waals surface area contributed by atoms with Crippen molar-refractivity contribution >= 4 is 40.2 Å². The highest BCUT2D eigenvalue weighted by molar-refractivity contribution is 7.99. The lowest BCUT2D eigenvalue weighted by molar-refractivity contribution is 0.204. The van der Waals surface area contributed by atoms with Crippen LogP contribution in [0.25, 0.3) is 11.2 Å². The number of hydrogen-bond acceptors (Lipinski definition) is 9. The fraction of sp³-hybridized carbons (Fsp3) is 0.211. The standard InChI is InChI=1S/C19H18N8OS/c1-20-16-15-17(24-9-23-16)25-10-26(15)8-12-3-4-14-13(7-12)27(11-28-2)18-19(29-14)22-6-5-21-18/h3-7,9-10H,8,11H2,1-2H3,(H,20,23,24). The SMILES string of the molecule is CNc1ncnc2ncn(Cc3ccc4c(c3)N(COC)c3nccnc3S4)c12. The molecule has 0 radical (unpaired) electrons. The number of benzene rings is 1. The number of nitrogens with zero attached hydrogens (tertiary/aromatic N) is 7. The molecule has 29 heavy (non-hydrogen) atoms. The van der Waals surface area contributed by atoms with E-state index in [0.717, 1.165) is 38.3 Å². The molecule has 1 aliphatic heterocycles. The van der Waals surface area contributed by atoms with Gasteiger partial charge in [-0.05, 0) is 17.7 Å². The van der Waals surface area contributed by atoms with Gasteiger partial charge in [0, 0.05) is 38.0 Å². The maximum Gasteiger partial charge on any atom is 0.182 e. The smallest absolute Gasteiger partial charge is 0.182 e. The van der Waals surface area contributed by atoms with E-state index in [1.807, 2.05) is 16.5 Å². The van der Waals surface area contributed by atoms with Crippen LogP contribution in [-0.2, 0) is 11.3 Å². The summed E-state index contributed by atoms with van der Waals surface area (Å²) in [5, 5.41) is 3.99. The van der Waals surface area contributed by atoms with Gasteiger partial charge in [-0.1, -0.05) is 17.8 Å². The first-order valence-corrected chi connectivity index (χ1v) is 9.82. The monoisotopic (exact) mass is 406 g/mol. The van der Waals surface area contributed by atoms with Crippen LogP contribution in [0.3, 0.4) is 0 Å². The van der Waals surface area contributed by atoms with Crippen LogP contribution in [0, 0.1) is 0 Å². The summed E-state index contributed by atoms with van der Waals surface area (Å²) in [6, 6.07) is 6.39. The Morgan fingerprint density at radius 1 is 1.10 bits per heavy atom. The highest BCUT2D eigenvalue weighted by Crippen LogP contribution is 2.46. The Kier molecular flexibility index (Phi) is 4.49. The second-order valence-electron chi connectivity index (χ2n) is 6.45. The second-order valence-corrected chi connectivity index (χ2v) is 7.48. The van der Waals surface area contributed by atoms with Crippen LogP contribution in [0.1, 0.15) is 5.56 Å². The van der Waals surface area contributed by atoms with Crippen LogP contribution < -0.4 is 10.2 Å². The van der Waals surface area contributed by atoms with E-state index in [4.69, 9.17) is 4.74 Å². The van der Waals surface area contributed by atoms with Crippen molar-refractivity contribution in [1.29, 1.82) is 0 Å². The van der Waals surface area contributed by atoms with Crippen molar-refractivity contribution < 1.29 is 4.74 Å². The van der Waals surface area contributed by atoms with Gasteiger partial charge >= 0.3 is 0 Å². The lowest BCUT2D eigenvalue weighted by Gasteiger charge is -2.30. The third-order valence-corrected chi connectivity index (χ3v) is 5.73. The molecule has 3 aromatic heterocycles. The minimum absolute atomic E-state index is 0.397. The van der Waals surface area contributed by atoms with Crippen LogP contribution in [-0.4, -0.2) is 50.4 Å². The van der Waals surface area contributed by atoms with E-state index in [9.17, 15) is 0 Å². The fourth-order valence-electron chi connectivity index (χ4n) is 3.42. The summed E-state index contributed by atoms with van der Waals surface area (Å²) >= 11 is 1.62. The van der Waals surface area contributed by atoms with Crippen LogP contribution in [0.5, 0.6) is 0 Å². The topological polar surface area (TPSA) is 93.9 Å². The van der Waals surface area contributed by atoms with Gasteiger partial charge in [0.25, 0.3) is 0 Å². The van der Waals surface area contributed by atoms with Crippen LogP contribution in [0.15, 0.2) is 53.2 Å². The average Bonchev–Trinajstić information content (AvgIpc) is 3.17. The number of imidazole rings is 1. The molecule has 0 amide bonds. The van der Waals surface area contributed by atoms with Gasteiger partial charge < -0.3 is 14.6 Å². The Labute approximate surface area is 171 Å². The average molecular weight is 406 g/mol. The maximum atomic E-state index is 5.44. The summed E-state index contributed by atoms with van der Waals surface area (Å²) in [6.07, 6.45) is 6.72. The maximum absolute atomic E-state index is 5.44. The van der Waals surface area contributed by atoms with Gasteiger partial charge in [0.1, 0.15) is 23.6 Å². The number of nitrogens with one attached hydrogen (secondary N) is 1. The number of anilines is 3.